The molecule has 4 rings (SSSR count). The van der Waals surface area contributed by atoms with Gasteiger partial charge in [-0.05, 0) is 56.4 Å². The highest BCUT2D eigenvalue weighted by Crippen LogP contribution is 2.42. The van der Waals surface area contributed by atoms with Gasteiger partial charge in [-0.3, -0.25) is 4.79 Å². The number of carbonyl (C=O) groups is 1. The van der Waals surface area contributed by atoms with Crippen LogP contribution < -0.4 is 5.32 Å². The fourth-order valence-corrected chi connectivity index (χ4v) is 5.94. The molecule has 6 heteroatoms. The lowest BCUT2D eigenvalue weighted by Crippen LogP contribution is -2.41. The third kappa shape index (κ3) is 4.24. The van der Waals surface area contributed by atoms with Crippen LogP contribution in [0.25, 0.3) is 0 Å². The summed E-state index contributed by atoms with van der Waals surface area (Å²) in [6, 6.07) is 0. The molecule has 0 radical (unpaired) electrons. The van der Waals surface area contributed by atoms with Crippen molar-refractivity contribution in [2.24, 2.45) is 11.3 Å². The fourth-order valence-electron chi connectivity index (χ4n) is 4.70. The van der Waals surface area contributed by atoms with Crippen LogP contribution in [-0.2, 0) is 27.1 Å². The highest BCUT2D eigenvalue weighted by molar-refractivity contribution is 7.10. The minimum atomic E-state index is -0.108. The molecular formula is C21H31NO4S. The molecular weight excluding hydrogens is 362 g/mol. The second kappa shape index (κ2) is 8.60. The van der Waals surface area contributed by atoms with Crippen LogP contribution in [0.15, 0.2) is 5.38 Å². The predicted molar refractivity (Wildman–Crippen MR) is 105 cm³/mol. The molecule has 2 fully saturated rings. The largest absolute Gasteiger partial charge is 0.381 e. The number of carbonyl (C=O) groups excluding carboxylic acids is 1. The Kier molecular flexibility index (Phi) is 6.17. The lowest BCUT2D eigenvalue weighted by molar-refractivity contribution is -0.168. The van der Waals surface area contributed by atoms with E-state index in [1.807, 2.05) is 0 Å². The molecule has 1 aliphatic carbocycles. The first-order valence-electron chi connectivity index (χ1n) is 10.4. The van der Waals surface area contributed by atoms with Crippen LogP contribution >= 0.6 is 11.3 Å². The molecule has 0 spiro atoms. The lowest BCUT2D eigenvalue weighted by Gasteiger charge is -2.40. The SMILES string of the molecule is C[C@H]1CCc2c(C(=O)NCCCC3(C4OCCO4)CCOCC3)csc2C1. The van der Waals surface area contributed by atoms with Crippen molar-refractivity contribution in [3.05, 3.63) is 21.4 Å². The summed E-state index contributed by atoms with van der Waals surface area (Å²) >= 11 is 1.75. The molecule has 1 amide bonds. The number of rotatable bonds is 6. The van der Waals surface area contributed by atoms with Crippen LogP contribution in [-0.4, -0.2) is 45.2 Å². The lowest BCUT2D eigenvalue weighted by atomic mass is 9.75. The first kappa shape index (κ1) is 19.4. The molecule has 3 aliphatic rings. The minimum absolute atomic E-state index is 0.0389. The van der Waals surface area contributed by atoms with Gasteiger partial charge in [0.05, 0.1) is 18.8 Å². The van der Waals surface area contributed by atoms with Gasteiger partial charge in [-0.2, -0.15) is 0 Å². The molecule has 0 unspecified atom stereocenters. The molecule has 3 heterocycles. The number of hydrogen-bond acceptors (Lipinski definition) is 5. The van der Waals surface area contributed by atoms with E-state index in [1.54, 1.807) is 11.3 Å². The van der Waals surface area contributed by atoms with Gasteiger partial charge >= 0.3 is 0 Å². The van der Waals surface area contributed by atoms with E-state index < -0.39 is 0 Å². The van der Waals surface area contributed by atoms with Crippen LogP contribution in [0.4, 0.5) is 0 Å². The number of amides is 1. The van der Waals surface area contributed by atoms with E-state index >= 15 is 0 Å². The molecule has 150 valence electrons. The van der Waals surface area contributed by atoms with Crippen molar-refractivity contribution < 1.29 is 19.0 Å². The number of ether oxygens (including phenoxy) is 3. The van der Waals surface area contributed by atoms with Crippen molar-refractivity contribution in [3.8, 4) is 0 Å². The van der Waals surface area contributed by atoms with Crippen molar-refractivity contribution in [2.45, 2.75) is 58.2 Å². The van der Waals surface area contributed by atoms with E-state index in [2.05, 4.69) is 17.6 Å². The van der Waals surface area contributed by atoms with Gasteiger partial charge in [0.2, 0.25) is 0 Å². The summed E-state index contributed by atoms with van der Waals surface area (Å²) in [7, 11) is 0. The van der Waals surface area contributed by atoms with E-state index in [4.69, 9.17) is 14.2 Å². The summed E-state index contributed by atoms with van der Waals surface area (Å²) < 4.78 is 17.2. The minimum Gasteiger partial charge on any atom is -0.381 e. The molecule has 5 nitrogen and oxygen atoms in total. The maximum Gasteiger partial charge on any atom is 0.252 e. The van der Waals surface area contributed by atoms with Gasteiger partial charge in [0.15, 0.2) is 6.29 Å². The molecule has 0 bridgehead atoms. The normalized spacial score (nSPS) is 25.3. The first-order valence-corrected chi connectivity index (χ1v) is 11.2. The van der Waals surface area contributed by atoms with Gasteiger partial charge in [0.25, 0.3) is 5.91 Å². The quantitative estimate of drug-likeness (QED) is 0.751. The number of hydrogen-bond donors (Lipinski definition) is 1. The maximum atomic E-state index is 12.7. The Hall–Kier alpha value is -0.950. The molecule has 27 heavy (non-hydrogen) atoms. The van der Waals surface area contributed by atoms with Gasteiger partial charge < -0.3 is 19.5 Å². The second-order valence-electron chi connectivity index (χ2n) is 8.31. The second-order valence-corrected chi connectivity index (χ2v) is 9.27. The third-order valence-corrected chi connectivity index (χ3v) is 7.44. The zero-order chi connectivity index (χ0) is 18.7. The number of fused-ring (bicyclic) bond motifs is 1. The zero-order valence-corrected chi connectivity index (χ0v) is 17.1. The Balaban J connectivity index is 1.30. The molecule has 1 aromatic heterocycles. The summed E-state index contributed by atoms with van der Waals surface area (Å²) in [5, 5.41) is 5.20. The molecule has 0 saturated carbocycles. The van der Waals surface area contributed by atoms with Crippen molar-refractivity contribution in [1.82, 2.24) is 5.32 Å². The van der Waals surface area contributed by atoms with E-state index in [0.717, 1.165) is 63.2 Å². The Labute approximate surface area is 165 Å². The molecule has 0 aromatic carbocycles. The van der Waals surface area contributed by atoms with Gasteiger partial charge in [-0.25, -0.2) is 0 Å². The molecule has 1 aromatic rings. The first-order chi connectivity index (χ1) is 13.2. The van der Waals surface area contributed by atoms with Crippen molar-refractivity contribution in [3.63, 3.8) is 0 Å². The van der Waals surface area contributed by atoms with Gasteiger partial charge in [0.1, 0.15) is 0 Å². The summed E-state index contributed by atoms with van der Waals surface area (Å²) in [4.78, 5) is 14.1. The molecule has 1 atom stereocenters. The van der Waals surface area contributed by atoms with E-state index in [0.29, 0.717) is 19.8 Å². The summed E-state index contributed by atoms with van der Waals surface area (Å²) in [5.41, 5.74) is 2.24. The fraction of sp³-hybridized carbons (Fsp3) is 0.762. The van der Waals surface area contributed by atoms with Crippen molar-refractivity contribution >= 4 is 17.2 Å². The predicted octanol–water partition coefficient (Wildman–Crippen LogP) is 3.55. The smallest absolute Gasteiger partial charge is 0.252 e. The van der Waals surface area contributed by atoms with Gasteiger partial charge in [-0.1, -0.05) is 6.92 Å². The molecule has 2 aliphatic heterocycles. The van der Waals surface area contributed by atoms with Crippen molar-refractivity contribution in [2.75, 3.05) is 33.0 Å². The van der Waals surface area contributed by atoms with E-state index in [-0.39, 0.29) is 17.6 Å². The Morgan fingerprint density at radius 2 is 2.04 bits per heavy atom. The van der Waals surface area contributed by atoms with Crippen LogP contribution in [0, 0.1) is 11.3 Å². The van der Waals surface area contributed by atoms with E-state index in [1.165, 1.54) is 16.9 Å². The molecule has 1 N–H and O–H groups in total. The Morgan fingerprint density at radius 3 is 2.81 bits per heavy atom. The summed E-state index contributed by atoms with van der Waals surface area (Å²) in [6.07, 6.45) is 7.14. The van der Waals surface area contributed by atoms with Crippen LogP contribution in [0.2, 0.25) is 0 Å². The maximum absolute atomic E-state index is 12.7. The monoisotopic (exact) mass is 393 g/mol. The van der Waals surface area contributed by atoms with Crippen LogP contribution in [0.5, 0.6) is 0 Å². The number of thiophene rings is 1. The van der Waals surface area contributed by atoms with Crippen LogP contribution in [0.3, 0.4) is 0 Å². The van der Waals surface area contributed by atoms with Crippen molar-refractivity contribution in [1.29, 1.82) is 0 Å². The Morgan fingerprint density at radius 1 is 1.26 bits per heavy atom. The summed E-state index contributed by atoms with van der Waals surface area (Å²) in [5.74, 6) is 0.833. The van der Waals surface area contributed by atoms with E-state index in [9.17, 15) is 4.79 Å². The number of nitrogens with one attached hydrogen (secondary N) is 1. The highest BCUT2D eigenvalue weighted by atomic mass is 32.1. The third-order valence-electron chi connectivity index (χ3n) is 6.39. The zero-order valence-electron chi connectivity index (χ0n) is 16.3. The Bertz CT molecular complexity index is 647. The standard InChI is InChI=1S/C21H31NO4S/c1-15-3-4-16-17(14-27-18(16)13-15)19(23)22-8-2-5-21(6-9-24-10-7-21)20-25-11-12-26-20/h14-15,20H,2-13H2,1H3,(H,22,23)/t15-/m0/s1. The highest BCUT2D eigenvalue weighted by Gasteiger charge is 2.43. The average molecular weight is 394 g/mol. The summed E-state index contributed by atoms with van der Waals surface area (Å²) in [6.45, 7) is 5.92. The molecule has 2 saturated heterocycles. The van der Waals surface area contributed by atoms with Gasteiger partial charge in [-0.15, -0.1) is 11.3 Å². The van der Waals surface area contributed by atoms with Crippen LogP contribution in [0.1, 0.15) is 59.8 Å². The topological polar surface area (TPSA) is 56.8 Å². The van der Waals surface area contributed by atoms with Gasteiger partial charge in [0, 0.05) is 35.4 Å². The average Bonchev–Trinajstić information content (AvgIpc) is 3.36.